The Bertz CT molecular complexity index is 344. The van der Waals surface area contributed by atoms with Crippen molar-refractivity contribution < 1.29 is 19.1 Å². The summed E-state index contributed by atoms with van der Waals surface area (Å²) in [5.41, 5.74) is -0.0813. The zero-order valence-electron chi connectivity index (χ0n) is 16.5. The molecule has 0 aromatic rings. The maximum atomic E-state index is 11.8. The second kappa shape index (κ2) is 13.3. The van der Waals surface area contributed by atoms with E-state index < -0.39 is 0 Å². The standard InChI is InChI=1S/C20H38O4/c1-6-8-9-10-11-12-13-16-23-18(21)14-15-19(22)24-17(7-2)20(3,4)5/h17H,6-16H2,1-5H3. The van der Waals surface area contributed by atoms with Gasteiger partial charge in [0.15, 0.2) is 0 Å². The van der Waals surface area contributed by atoms with E-state index in [0.717, 1.165) is 19.3 Å². The highest BCUT2D eigenvalue weighted by Gasteiger charge is 2.26. The Morgan fingerprint density at radius 3 is 1.92 bits per heavy atom. The first kappa shape index (κ1) is 22.9. The molecular formula is C20H38O4. The molecule has 4 heteroatoms. The van der Waals surface area contributed by atoms with Gasteiger partial charge in [-0.3, -0.25) is 9.59 Å². The molecule has 0 N–H and O–H groups in total. The Morgan fingerprint density at radius 2 is 1.38 bits per heavy atom. The van der Waals surface area contributed by atoms with Crippen molar-refractivity contribution in [2.75, 3.05) is 6.61 Å². The van der Waals surface area contributed by atoms with E-state index in [9.17, 15) is 9.59 Å². The summed E-state index contributed by atoms with van der Waals surface area (Å²) in [7, 11) is 0. The SMILES string of the molecule is CCCCCCCCCOC(=O)CCC(=O)OC(CC)C(C)(C)C. The third-order valence-electron chi connectivity index (χ3n) is 4.15. The Morgan fingerprint density at radius 1 is 0.833 bits per heavy atom. The fourth-order valence-corrected chi connectivity index (χ4v) is 2.61. The average Bonchev–Trinajstić information content (AvgIpc) is 2.52. The fraction of sp³-hybridized carbons (Fsp3) is 0.900. The number of carbonyl (C=O) groups is 2. The molecule has 24 heavy (non-hydrogen) atoms. The molecular weight excluding hydrogens is 304 g/mol. The minimum atomic E-state index is -0.315. The molecule has 0 saturated carbocycles. The summed E-state index contributed by atoms with van der Waals surface area (Å²) in [6.07, 6.45) is 9.20. The van der Waals surface area contributed by atoms with Crippen LogP contribution in [0.15, 0.2) is 0 Å². The number of ether oxygens (including phenoxy) is 2. The van der Waals surface area contributed by atoms with Crippen molar-refractivity contribution >= 4 is 11.9 Å². The molecule has 0 amide bonds. The van der Waals surface area contributed by atoms with Crippen LogP contribution in [0.3, 0.4) is 0 Å². The summed E-state index contributed by atoms with van der Waals surface area (Å²) < 4.78 is 10.6. The molecule has 0 bridgehead atoms. The summed E-state index contributed by atoms with van der Waals surface area (Å²) >= 11 is 0. The number of esters is 2. The second-order valence-electron chi connectivity index (χ2n) is 7.59. The van der Waals surface area contributed by atoms with E-state index in [1.807, 2.05) is 27.7 Å². The van der Waals surface area contributed by atoms with Gasteiger partial charge in [-0.15, -0.1) is 0 Å². The van der Waals surface area contributed by atoms with Crippen molar-refractivity contribution in [1.29, 1.82) is 0 Å². The topological polar surface area (TPSA) is 52.6 Å². The number of unbranched alkanes of at least 4 members (excludes halogenated alkanes) is 6. The lowest BCUT2D eigenvalue weighted by Gasteiger charge is -2.29. The van der Waals surface area contributed by atoms with Crippen LogP contribution in [0.4, 0.5) is 0 Å². The smallest absolute Gasteiger partial charge is 0.306 e. The number of hydrogen-bond donors (Lipinski definition) is 0. The van der Waals surface area contributed by atoms with Gasteiger partial charge in [0.25, 0.3) is 0 Å². The zero-order chi connectivity index (χ0) is 18.4. The highest BCUT2D eigenvalue weighted by atomic mass is 16.5. The summed E-state index contributed by atoms with van der Waals surface area (Å²) in [5, 5.41) is 0. The highest BCUT2D eigenvalue weighted by Crippen LogP contribution is 2.25. The maximum absolute atomic E-state index is 11.8. The van der Waals surface area contributed by atoms with Crippen molar-refractivity contribution in [1.82, 2.24) is 0 Å². The van der Waals surface area contributed by atoms with Gasteiger partial charge in [0.05, 0.1) is 19.4 Å². The quantitative estimate of drug-likeness (QED) is 0.331. The maximum Gasteiger partial charge on any atom is 0.306 e. The Hall–Kier alpha value is -1.06. The van der Waals surface area contributed by atoms with E-state index in [2.05, 4.69) is 6.92 Å². The predicted octanol–water partition coefficient (Wildman–Crippen LogP) is 5.43. The van der Waals surface area contributed by atoms with Gasteiger partial charge in [-0.1, -0.05) is 73.1 Å². The van der Waals surface area contributed by atoms with Gasteiger partial charge >= 0.3 is 11.9 Å². The monoisotopic (exact) mass is 342 g/mol. The fourth-order valence-electron chi connectivity index (χ4n) is 2.61. The lowest BCUT2D eigenvalue weighted by atomic mass is 9.87. The zero-order valence-corrected chi connectivity index (χ0v) is 16.5. The summed E-state index contributed by atoms with van der Waals surface area (Å²) in [6.45, 7) is 10.8. The Balaban J connectivity index is 3.69. The molecule has 0 rings (SSSR count). The normalized spacial score (nSPS) is 12.7. The molecule has 0 aliphatic carbocycles. The van der Waals surface area contributed by atoms with Crippen LogP contribution in [0.2, 0.25) is 0 Å². The van der Waals surface area contributed by atoms with Crippen LogP contribution in [0.1, 0.15) is 98.8 Å². The lowest BCUT2D eigenvalue weighted by molar-refractivity contribution is -0.158. The third kappa shape index (κ3) is 12.4. The molecule has 0 heterocycles. The van der Waals surface area contributed by atoms with Crippen LogP contribution >= 0.6 is 0 Å². The Labute approximate surface area is 148 Å². The summed E-state index contributed by atoms with van der Waals surface area (Å²) in [6, 6.07) is 0. The molecule has 0 aliphatic rings. The van der Waals surface area contributed by atoms with Crippen LogP contribution in [0.5, 0.6) is 0 Å². The largest absolute Gasteiger partial charge is 0.466 e. The van der Waals surface area contributed by atoms with Gasteiger partial charge < -0.3 is 9.47 Å². The minimum absolute atomic E-state index is 0.0813. The minimum Gasteiger partial charge on any atom is -0.466 e. The second-order valence-corrected chi connectivity index (χ2v) is 7.59. The first-order valence-electron chi connectivity index (χ1n) is 9.66. The van der Waals surface area contributed by atoms with E-state index in [1.165, 1.54) is 32.1 Å². The van der Waals surface area contributed by atoms with Crippen molar-refractivity contribution in [3.63, 3.8) is 0 Å². The molecule has 1 atom stereocenters. The van der Waals surface area contributed by atoms with Gasteiger partial charge in [-0.05, 0) is 18.3 Å². The molecule has 142 valence electrons. The van der Waals surface area contributed by atoms with E-state index >= 15 is 0 Å². The average molecular weight is 343 g/mol. The third-order valence-corrected chi connectivity index (χ3v) is 4.15. The first-order chi connectivity index (χ1) is 11.3. The van der Waals surface area contributed by atoms with E-state index in [4.69, 9.17) is 9.47 Å². The van der Waals surface area contributed by atoms with Crippen molar-refractivity contribution in [3.05, 3.63) is 0 Å². The van der Waals surface area contributed by atoms with Crippen LogP contribution in [-0.4, -0.2) is 24.6 Å². The van der Waals surface area contributed by atoms with E-state index in [0.29, 0.717) is 6.61 Å². The molecule has 0 aromatic carbocycles. The molecule has 0 spiro atoms. The van der Waals surface area contributed by atoms with Crippen LogP contribution in [-0.2, 0) is 19.1 Å². The van der Waals surface area contributed by atoms with E-state index in [-0.39, 0.29) is 36.3 Å². The first-order valence-corrected chi connectivity index (χ1v) is 9.66. The summed E-state index contributed by atoms with van der Waals surface area (Å²) in [5.74, 6) is -0.619. The van der Waals surface area contributed by atoms with Crippen LogP contribution in [0.25, 0.3) is 0 Å². The van der Waals surface area contributed by atoms with Crippen molar-refractivity contribution in [2.24, 2.45) is 5.41 Å². The van der Waals surface area contributed by atoms with Crippen molar-refractivity contribution in [3.8, 4) is 0 Å². The highest BCUT2D eigenvalue weighted by molar-refractivity contribution is 5.77. The molecule has 0 fully saturated rings. The van der Waals surface area contributed by atoms with Crippen LogP contribution in [0, 0.1) is 5.41 Å². The predicted molar refractivity (Wildman–Crippen MR) is 97.8 cm³/mol. The Kier molecular flexibility index (Phi) is 12.7. The molecule has 0 saturated heterocycles. The van der Waals surface area contributed by atoms with Gasteiger partial charge in [-0.2, -0.15) is 0 Å². The molecule has 0 aromatic heterocycles. The van der Waals surface area contributed by atoms with Gasteiger partial charge in [-0.25, -0.2) is 0 Å². The van der Waals surface area contributed by atoms with Gasteiger partial charge in [0.2, 0.25) is 0 Å². The molecule has 4 nitrogen and oxygen atoms in total. The molecule has 1 unspecified atom stereocenters. The van der Waals surface area contributed by atoms with Crippen molar-refractivity contribution in [2.45, 2.75) is 105 Å². The molecule has 0 aliphatic heterocycles. The lowest BCUT2D eigenvalue weighted by Crippen LogP contribution is -2.31. The van der Waals surface area contributed by atoms with Gasteiger partial charge in [0.1, 0.15) is 6.10 Å². The number of carbonyl (C=O) groups excluding carboxylic acids is 2. The number of hydrogen-bond acceptors (Lipinski definition) is 4. The number of rotatable bonds is 13. The van der Waals surface area contributed by atoms with Gasteiger partial charge in [0, 0.05) is 0 Å². The van der Waals surface area contributed by atoms with Crippen LogP contribution < -0.4 is 0 Å². The van der Waals surface area contributed by atoms with E-state index in [1.54, 1.807) is 0 Å². The summed E-state index contributed by atoms with van der Waals surface area (Å²) in [4.78, 5) is 23.5. The molecule has 0 radical (unpaired) electrons.